The molecule has 7 heterocycles. The van der Waals surface area contributed by atoms with E-state index in [1.165, 1.54) is 0 Å². The number of benzene rings is 4. The molecule has 0 amide bonds. The number of nitrogens with zero attached hydrogens (tertiary/aromatic N) is 4. The first-order chi connectivity index (χ1) is 37.0. The Morgan fingerprint density at radius 3 is 0.526 bits per heavy atom. The van der Waals surface area contributed by atoms with E-state index in [1.807, 2.05) is 0 Å². The molecule has 0 fully saturated rings. The Bertz CT molecular complexity index is 3810. The fraction of sp³-hybridized carbons (Fsp3) is 0. The molecule has 0 spiro atoms. The molecule has 78 heavy (non-hydrogen) atoms. The highest BCUT2D eigenvalue weighted by Gasteiger charge is 2.36. The van der Waals surface area contributed by atoms with Crippen LogP contribution in [0, 0.1) is 116 Å². The summed E-state index contributed by atoms with van der Waals surface area (Å²) in [5.41, 5.74) is -16.1. The Morgan fingerprint density at radius 2 is 0.359 bits per heavy atom. The lowest BCUT2D eigenvalue weighted by Crippen LogP contribution is -2.24. The summed E-state index contributed by atoms with van der Waals surface area (Å²) < 4.78 is 306. The van der Waals surface area contributed by atoms with Gasteiger partial charge in [0, 0.05) is 43.7 Å². The molecule has 392 valence electrons. The SMILES string of the molecule is Fc1c(F)c(F)c(C2=c3ccc([nH]3)=C(c3c(F)c(F)c(F)c(F)c3F)C3=NC(=C4C=CC(=N4)C(c4c(F)c(F)c(F)c(F)c4F)=c4ccc([nH]4)=C(c4c(F)c(F)c(F)c(F)c4F)C4=NC(=C5C=CC2=N5)C=C4)C=C3)c(F)c1F. The van der Waals surface area contributed by atoms with Crippen LogP contribution in [0.2, 0.25) is 0 Å². The molecule has 0 aliphatic carbocycles. The highest BCUT2D eigenvalue weighted by atomic mass is 19.2. The zero-order chi connectivity index (χ0) is 55.8. The fourth-order valence-corrected chi connectivity index (χ4v) is 8.85. The van der Waals surface area contributed by atoms with Crippen LogP contribution in [0.4, 0.5) is 87.8 Å². The van der Waals surface area contributed by atoms with Gasteiger partial charge >= 0.3 is 0 Å². The van der Waals surface area contributed by atoms with E-state index < -0.39 is 228 Å². The summed E-state index contributed by atoms with van der Waals surface area (Å²) >= 11 is 0. The maximum absolute atomic E-state index is 15.9. The van der Waals surface area contributed by atoms with Crippen LogP contribution in [0.5, 0.6) is 0 Å². The van der Waals surface area contributed by atoms with Gasteiger partial charge in [-0.15, -0.1) is 0 Å². The largest absolute Gasteiger partial charge is 0.354 e. The van der Waals surface area contributed by atoms with Gasteiger partial charge in [-0.2, -0.15) is 0 Å². The fourth-order valence-electron chi connectivity index (χ4n) is 8.85. The van der Waals surface area contributed by atoms with Gasteiger partial charge in [0.1, 0.15) is 0 Å². The number of nitrogens with one attached hydrogen (secondary N) is 2. The normalized spacial score (nSPS) is 15.8. The van der Waals surface area contributed by atoms with Gasteiger partial charge < -0.3 is 9.97 Å². The Morgan fingerprint density at radius 1 is 0.205 bits per heavy atom. The van der Waals surface area contributed by atoms with Crippen molar-refractivity contribution >= 4 is 45.1 Å². The number of fused-ring (bicyclic) bond motifs is 8. The average molecular weight is 1100 g/mol. The minimum absolute atomic E-state index is 0.474. The third kappa shape index (κ3) is 7.43. The molecule has 6 nitrogen and oxygen atoms in total. The second-order valence-electron chi connectivity index (χ2n) is 16.7. The number of allylic oxidation sites excluding steroid dienone is 8. The predicted octanol–water partition coefficient (Wildman–Crippen LogP) is 10.1. The molecule has 4 aromatic carbocycles. The molecule has 6 aromatic rings. The van der Waals surface area contributed by atoms with Crippen molar-refractivity contribution in [3.8, 4) is 0 Å². The Kier molecular flexibility index (Phi) is 11.8. The molecule has 11 rings (SSSR count). The van der Waals surface area contributed by atoms with E-state index in [9.17, 15) is 17.6 Å². The summed E-state index contributed by atoms with van der Waals surface area (Å²) in [6, 6.07) is 3.11. The molecule has 0 radical (unpaired) electrons. The minimum atomic E-state index is -2.64. The zero-order valence-electron chi connectivity index (χ0n) is 37.3. The van der Waals surface area contributed by atoms with Crippen LogP contribution in [0.3, 0.4) is 0 Å². The molecule has 26 heteroatoms. The first-order valence-electron chi connectivity index (χ1n) is 21.5. The number of H-pyrrole nitrogens is 2. The topological polar surface area (TPSA) is 81.0 Å². The summed E-state index contributed by atoms with van der Waals surface area (Å²) in [5, 5.41) is -3.08. The van der Waals surface area contributed by atoms with E-state index in [-0.39, 0.29) is 0 Å². The summed E-state index contributed by atoms with van der Waals surface area (Å²) in [4.78, 5) is 21.5. The van der Waals surface area contributed by atoms with Gasteiger partial charge in [-0.1, -0.05) is 0 Å². The smallest absolute Gasteiger partial charge is 0.200 e. The summed E-state index contributed by atoms with van der Waals surface area (Å²) in [5.74, 6) is -50.7. The quantitative estimate of drug-likeness (QED) is 0.100. The molecular formula is C52H14F20N6. The van der Waals surface area contributed by atoms with E-state index in [2.05, 4.69) is 29.9 Å². The second-order valence-corrected chi connectivity index (χ2v) is 16.7. The zero-order valence-corrected chi connectivity index (χ0v) is 37.3. The molecule has 12 bridgehead atoms. The van der Waals surface area contributed by atoms with Gasteiger partial charge in [-0.25, -0.2) is 108 Å². The summed E-state index contributed by atoms with van der Waals surface area (Å²) in [6.45, 7) is 0. The van der Waals surface area contributed by atoms with E-state index in [0.29, 0.717) is 0 Å². The van der Waals surface area contributed by atoms with Crippen LogP contribution in [0.1, 0.15) is 22.3 Å². The maximum Gasteiger partial charge on any atom is 0.200 e. The number of aromatic nitrogens is 2. The lowest BCUT2D eigenvalue weighted by molar-refractivity contribution is 0.376. The second kappa shape index (κ2) is 18.2. The van der Waals surface area contributed by atoms with Crippen molar-refractivity contribution in [2.24, 2.45) is 20.0 Å². The predicted molar refractivity (Wildman–Crippen MR) is 235 cm³/mol. The number of halogens is 20. The van der Waals surface area contributed by atoms with Crippen molar-refractivity contribution in [3.05, 3.63) is 256 Å². The van der Waals surface area contributed by atoms with Gasteiger partial charge in [-0.05, 0) is 72.9 Å². The number of rotatable bonds is 4. The summed E-state index contributed by atoms with van der Waals surface area (Å²) in [6.07, 6.45) is 7.23. The molecule has 0 atom stereocenters. The van der Waals surface area contributed by atoms with Crippen LogP contribution in [-0.4, -0.2) is 32.8 Å². The van der Waals surface area contributed by atoms with Gasteiger partial charge in [0.2, 0.25) is 23.3 Å². The van der Waals surface area contributed by atoms with E-state index in [4.69, 9.17) is 0 Å². The van der Waals surface area contributed by atoms with Crippen LogP contribution in [-0.2, 0) is 0 Å². The van der Waals surface area contributed by atoms with E-state index in [1.54, 1.807) is 0 Å². The molecule has 5 aliphatic heterocycles. The molecular weight excluding hydrogens is 1090 g/mol. The van der Waals surface area contributed by atoms with Crippen molar-refractivity contribution < 1.29 is 87.8 Å². The third-order valence-electron chi connectivity index (χ3n) is 12.4. The first kappa shape index (κ1) is 50.8. The monoisotopic (exact) mass is 1100 g/mol. The molecule has 0 saturated heterocycles. The third-order valence-corrected chi connectivity index (χ3v) is 12.4. The molecule has 0 unspecified atom stereocenters. The van der Waals surface area contributed by atoms with Crippen molar-refractivity contribution in [1.29, 1.82) is 0 Å². The van der Waals surface area contributed by atoms with Crippen LogP contribution < -0.4 is 21.4 Å². The van der Waals surface area contributed by atoms with Crippen LogP contribution >= 0.6 is 0 Å². The number of hydrogen-bond acceptors (Lipinski definition) is 4. The number of hydrogen-bond donors (Lipinski definition) is 2. The van der Waals surface area contributed by atoms with Crippen LogP contribution in [0.25, 0.3) is 22.3 Å². The average Bonchev–Trinajstić information content (AvgIpc) is 4.31. The molecule has 2 N–H and O–H groups in total. The number of aromatic amines is 2. The van der Waals surface area contributed by atoms with Crippen molar-refractivity contribution in [1.82, 2.24) is 9.97 Å². The van der Waals surface area contributed by atoms with Crippen molar-refractivity contribution in [2.75, 3.05) is 0 Å². The van der Waals surface area contributed by atoms with Crippen molar-refractivity contribution in [3.63, 3.8) is 0 Å². The van der Waals surface area contributed by atoms with Gasteiger partial charge in [0.15, 0.2) is 93.1 Å². The minimum Gasteiger partial charge on any atom is -0.354 e. The lowest BCUT2D eigenvalue weighted by Gasteiger charge is -2.12. The Hall–Kier alpha value is -9.36. The molecule has 5 aliphatic rings. The summed E-state index contributed by atoms with van der Waals surface area (Å²) in [7, 11) is 0. The van der Waals surface area contributed by atoms with Crippen molar-refractivity contribution in [2.45, 2.75) is 0 Å². The van der Waals surface area contributed by atoms with Crippen LogP contribution in [0.15, 0.2) is 116 Å². The van der Waals surface area contributed by atoms with Gasteiger partial charge in [-0.3, -0.25) is 0 Å². The van der Waals surface area contributed by atoms with Gasteiger partial charge in [0.25, 0.3) is 0 Å². The van der Waals surface area contributed by atoms with Gasteiger partial charge in [0.05, 0.1) is 67.9 Å². The highest BCUT2D eigenvalue weighted by Crippen LogP contribution is 2.37. The maximum atomic E-state index is 15.9. The molecule has 0 saturated carbocycles. The van der Waals surface area contributed by atoms with E-state index in [0.717, 1.165) is 72.9 Å². The lowest BCUT2D eigenvalue weighted by atomic mass is 9.98. The number of aliphatic imine (C=N–C) groups is 4. The standard InChI is InChI=1S/C52H14F20N6/c53-33-29(34(54)42(62)49(69)41(33)61)25-17-5-1-13(73-17)14-2-6-18(74-14)26(30-35(55)43(63)50(70)44(64)36(30)56)22-11-12-24(78-22)28(32-39(59)47(67)52(72)48(68)40(32)60)20-8-4-16(76-20)15-3-7-19(75-15)27(23-10-9-21(25)77-23)31-37(57)45(65)51(71)46(66)38(31)58/h1-12,77-78H. The Labute approximate surface area is 417 Å². The van der Waals surface area contributed by atoms with E-state index >= 15 is 70.2 Å². The Balaban J connectivity index is 1.32. The molecule has 2 aromatic heterocycles. The highest BCUT2D eigenvalue weighted by molar-refractivity contribution is 6.33. The first-order valence-corrected chi connectivity index (χ1v) is 21.5.